The minimum Gasteiger partial charge on any atom is -0.492 e. The highest BCUT2D eigenvalue weighted by Crippen LogP contribution is 2.44. The molecule has 1 aromatic rings. The lowest BCUT2D eigenvalue weighted by molar-refractivity contribution is 0.228. The van der Waals surface area contributed by atoms with Gasteiger partial charge in [0.1, 0.15) is 5.75 Å². The molecule has 0 unspecified atom stereocenters. The maximum absolute atomic E-state index is 5.73. The average Bonchev–Trinajstić information content (AvgIpc) is 2.17. The SMILES string of the molecule is CC1(C)CCOc2c(SBr)cccc21. The number of halogens is 1. The molecular formula is C11H13BrOS. The molecule has 2 rings (SSSR count). The van der Waals surface area contributed by atoms with Gasteiger partial charge in [-0.2, -0.15) is 0 Å². The first kappa shape index (κ1) is 10.4. The highest BCUT2D eigenvalue weighted by Gasteiger charge is 2.29. The van der Waals surface area contributed by atoms with Crippen LogP contribution in [0.1, 0.15) is 25.8 Å². The van der Waals surface area contributed by atoms with Crippen molar-refractivity contribution in [3.05, 3.63) is 23.8 Å². The molecule has 0 aromatic heterocycles. The number of hydrogen-bond donors (Lipinski definition) is 0. The first-order valence-electron chi connectivity index (χ1n) is 4.70. The van der Waals surface area contributed by atoms with E-state index in [1.54, 1.807) is 10.2 Å². The molecule has 0 saturated heterocycles. The van der Waals surface area contributed by atoms with E-state index in [1.807, 2.05) is 0 Å². The van der Waals surface area contributed by atoms with Crippen LogP contribution >= 0.6 is 25.0 Å². The van der Waals surface area contributed by atoms with Crippen LogP contribution in [-0.2, 0) is 5.41 Å². The highest BCUT2D eigenvalue weighted by atomic mass is 79.9. The van der Waals surface area contributed by atoms with Crippen molar-refractivity contribution in [2.75, 3.05) is 6.61 Å². The third-order valence-corrected chi connectivity index (χ3v) is 4.30. The molecule has 0 saturated carbocycles. The predicted molar refractivity (Wildman–Crippen MR) is 64.4 cm³/mol. The molecule has 0 N–H and O–H groups in total. The molecule has 1 nitrogen and oxygen atoms in total. The second-order valence-electron chi connectivity index (χ2n) is 4.19. The van der Waals surface area contributed by atoms with Crippen LogP contribution in [0.5, 0.6) is 5.75 Å². The Morgan fingerprint density at radius 3 is 2.93 bits per heavy atom. The molecule has 1 aliphatic rings. The van der Waals surface area contributed by atoms with Gasteiger partial charge in [0.05, 0.1) is 11.5 Å². The highest BCUT2D eigenvalue weighted by molar-refractivity contribution is 9.50. The Morgan fingerprint density at radius 1 is 1.43 bits per heavy atom. The molecule has 0 fully saturated rings. The quantitative estimate of drug-likeness (QED) is 0.760. The smallest absolute Gasteiger partial charge is 0.137 e. The van der Waals surface area contributed by atoms with Crippen LogP contribution in [0.3, 0.4) is 0 Å². The van der Waals surface area contributed by atoms with Crippen molar-refractivity contribution in [1.29, 1.82) is 0 Å². The molecule has 0 spiro atoms. The van der Waals surface area contributed by atoms with Gasteiger partial charge < -0.3 is 4.74 Å². The Bertz CT molecular complexity index is 349. The van der Waals surface area contributed by atoms with E-state index in [0.717, 1.165) is 18.8 Å². The van der Waals surface area contributed by atoms with Gasteiger partial charge in [-0.25, -0.2) is 0 Å². The summed E-state index contributed by atoms with van der Waals surface area (Å²) < 4.78 is 5.73. The fourth-order valence-electron chi connectivity index (χ4n) is 1.80. The van der Waals surface area contributed by atoms with Crippen molar-refractivity contribution in [2.24, 2.45) is 0 Å². The molecule has 1 aliphatic heterocycles. The van der Waals surface area contributed by atoms with Crippen molar-refractivity contribution in [2.45, 2.75) is 30.6 Å². The Morgan fingerprint density at radius 2 is 2.21 bits per heavy atom. The van der Waals surface area contributed by atoms with E-state index in [-0.39, 0.29) is 5.41 Å². The summed E-state index contributed by atoms with van der Waals surface area (Å²) in [6.45, 7) is 5.37. The largest absolute Gasteiger partial charge is 0.492 e. The summed E-state index contributed by atoms with van der Waals surface area (Å²) in [5, 5.41) is 0. The maximum Gasteiger partial charge on any atom is 0.137 e. The van der Waals surface area contributed by atoms with Crippen LogP contribution in [0, 0.1) is 0 Å². The van der Waals surface area contributed by atoms with Crippen molar-refractivity contribution in [3.8, 4) is 5.75 Å². The fourth-order valence-corrected chi connectivity index (χ4v) is 2.94. The summed E-state index contributed by atoms with van der Waals surface area (Å²) in [5.41, 5.74) is 1.57. The second-order valence-corrected chi connectivity index (χ2v) is 5.76. The summed E-state index contributed by atoms with van der Waals surface area (Å²) in [6.07, 6.45) is 1.09. The number of para-hydroxylation sites is 1. The molecule has 1 heterocycles. The van der Waals surface area contributed by atoms with Gasteiger partial charge in [-0.3, -0.25) is 0 Å². The molecule has 0 aliphatic carbocycles. The summed E-state index contributed by atoms with van der Waals surface area (Å²) in [6, 6.07) is 6.35. The van der Waals surface area contributed by atoms with Gasteiger partial charge in [-0.15, -0.1) is 0 Å². The average molecular weight is 273 g/mol. The molecule has 0 bridgehead atoms. The molecule has 0 radical (unpaired) electrons. The van der Waals surface area contributed by atoms with Crippen LogP contribution in [0.4, 0.5) is 0 Å². The lowest BCUT2D eigenvalue weighted by Gasteiger charge is -2.33. The number of rotatable bonds is 1. The van der Waals surface area contributed by atoms with Crippen molar-refractivity contribution >= 4 is 25.0 Å². The normalized spacial score (nSPS) is 18.5. The minimum atomic E-state index is 0.242. The molecule has 0 atom stereocenters. The zero-order chi connectivity index (χ0) is 10.2. The Labute approximate surface area is 96.4 Å². The first-order valence-corrected chi connectivity index (χ1v) is 7.36. The Kier molecular flexibility index (Phi) is 2.80. The standard InChI is InChI=1S/C11H13BrOS/c1-11(2)6-7-13-10-8(11)4-3-5-9(10)14-12/h3-5H,6-7H2,1-2H3. The summed E-state index contributed by atoms with van der Waals surface area (Å²) >= 11 is 3.41. The van der Waals surface area contributed by atoms with Gasteiger partial charge >= 0.3 is 0 Å². The van der Waals surface area contributed by atoms with Crippen LogP contribution in [0.15, 0.2) is 23.1 Å². The van der Waals surface area contributed by atoms with Gasteiger partial charge in [0.25, 0.3) is 0 Å². The third-order valence-electron chi connectivity index (χ3n) is 2.76. The Balaban J connectivity index is 2.55. The van der Waals surface area contributed by atoms with Crippen LogP contribution in [0.2, 0.25) is 0 Å². The van der Waals surface area contributed by atoms with E-state index in [9.17, 15) is 0 Å². The van der Waals surface area contributed by atoms with Crippen molar-refractivity contribution in [1.82, 2.24) is 0 Å². The minimum absolute atomic E-state index is 0.242. The molecule has 1 aromatic carbocycles. The second kappa shape index (κ2) is 3.78. The lowest BCUT2D eigenvalue weighted by Crippen LogP contribution is -2.26. The molecule has 0 amide bonds. The molecular weight excluding hydrogens is 260 g/mol. The van der Waals surface area contributed by atoms with Crippen LogP contribution in [-0.4, -0.2) is 6.61 Å². The zero-order valence-corrected chi connectivity index (χ0v) is 10.7. The molecule has 3 heteroatoms. The van der Waals surface area contributed by atoms with Gasteiger partial charge in [-0.1, -0.05) is 26.0 Å². The molecule has 76 valence electrons. The van der Waals surface area contributed by atoms with Crippen molar-refractivity contribution < 1.29 is 4.74 Å². The summed E-state index contributed by atoms with van der Waals surface area (Å²) in [7, 11) is 1.57. The Hall–Kier alpha value is -0.150. The summed E-state index contributed by atoms with van der Waals surface area (Å²) in [5.74, 6) is 1.06. The predicted octanol–water partition coefficient (Wildman–Crippen LogP) is 4.15. The molecule has 14 heavy (non-hydrogen) atoms. The number of ether oxygens (including phenoxy) is 1. The van der Waals surface area contributed by atoms with Crippen molar-refractivity contribution in [3.63, 3.8) is 0 Å². The van der Waals surface area contributed by atoms with E-state index in [0.29, 0.717) is 0 Å². The van der Waals surface area contributed by atoms with E-state index in [4.69, 9.17) is 4.74 Å². The monoisotopic (exact) mass is 272 g/mol. The van der Waals surface area contributed by atoms with Crippen LogP contribution < -0.4 is 4.74 Å². The van der Waals surface area contributed by atoms with E-state index in [2.05, 4.69) is 46.9 Å². The van der Waals surface area contributed by atoms with Gasteiger partial charge in [0.15, 0.2) is 0 Å². The van der Waals surface area contributed by atoms with E-state index in [1.165, 1.54) is 10.5 Å². The fraction of sp³-hybridized carbons (Fsp3) is 0.455. The van der Waals surface area contributed by atoms with E-state index >= 15 is 0 Å². The number of fused-ring (bicyclic) bond motifs is 1. The number of hydrogen-bond acceptors (Lipinski definition) is 2. The van der Waals surface area contributed by atoms with Crippen LogP contribution in [0.25, 0.3) is 0 Å². The van der Waals surface area contributed by atoms with E-state index < -0.39 is 0 Å². The van der Waals surface area contributed by atoms with Gasteiger partial charge in [0.2, 0.25) is 0 Å². The summed E-state index contributed by atoms with van der Waals surface area (Å²) in [4.78, 5) is 1.18. The van der Waals surface area contributed by atoms with Gasteiger partial charge in [0, 0.05) is 5.56 Å². The maximum atomic E-state index is 5.73. The lowest BCUT2D eigenvalue weighted by atomic mass is 9.80. The number of benzene rings is 1. The first-order chi connectivity index (χ1) is 6.65. The van der Waals surface area contributed by atoms with Gasteiger partial charge in [-0.05, 0) is 42.9 Å². The zero-order valence-electron chi connectivity index (χ0n) is 8.34. The third kappa shape index (κ3) is 1.68. The topological polar surface area (TPSA) is 9.23 Å².